The van der Waals surface area contributed by atoms with Crippen molar-refractivity contribution in [1.82, 2.24) is 15.1 Å². The van der Waals surface area contributed by atoms with Crippen molar-refractivity contribution in [3.63, 3.8) is 0 Å². The fourth-order valence-corrected chi connectivity index (χ4v) is 3.46. The number of carbonyl (C=O) groups excluding carboxylic acids is 3. The Morgan fingerprint density at radius 2 is 1.85 bits per heavy atom. The molecule has 0 aliphatic carbocycles. The molecule has 3 rings (SSSR count). The summed E-state index contributed by atoms with van der Waals surface area (Å²) in [6.45, 7) is 2.95. The number of morpholine rings is 1. The van der Waals surface area contributed by atoms with Gasteiger partial charge in [0.1, 0.15) is 5.82 Å². The Balaban J connectivity index is 1.51. The molecule has 0 bridgehead atoms. The Morgan fingerprint density at radius 1 is 1.11 bits per heavy atom. The summed E-state index contributed by atoms with van der Waals surface area (Å²) >= 11 is 0. The largest absolute Gasteiger partial charge is 0.378 e. The van der Waals surface area contributed by atoms with Gasteiger partial charge in [-0.15, -0.1) is 0 Å². The average Bonchev–Trinajstić information content (AvgIpc) is 2.72. The van der Waals surface area contributed by atoms with Crippen molar-refractivity contribution >= 4 is 17.7 Å². The van der Waals surface area contributed by atoms with E-state index in [1.807, 2.05) is 0 Å². The Hall–Kier alpha value is -2.48. The molecule has 27 heavy (non-hydrogen) atoms. The van der Waals surface area contributed by atoms with E-state index in [0.29, 0.717) is 39.4 Å². The van der Waals surface area contributed by atoms with E-state index in [9.17, 15) is 18.8 Å². The van der Waals surface area contributed by atoms with Crippen molar-refractivity contribution in [2.24, 2.45) is 5.92 Å². The maximum absolute atomic E-state index is 13.6. The minimum Gasteiger partial charge on any atom is -0.378 e. The number of halogens is 1. The number of likely N-dealkylation sites (tertiary alicyclic amines) is 1. The van der Waals surface area contributed by atoms with Crippen LogP contribution in [0.2, 0.25) is 0 Å². The van der Waals surface area contributed by atoms with Gasteiger partial charge in [0.15, 0.2) is 0 Å². The van der Waals surface area contributed by atoms with E-state index in [2.05, 4.69) is 5.32 Å². The zero-order valence-electron chi connectivity index (χ0n) is 15.2. The number of hydrogen-bond donors (Lipinski definition) is 1. The third-order valence-electron chi connectivity index (χ3n) is 4.96. The number of nitrogens with zero attached hydrogens (tertiary/aromatic N) is 2. The number of hydrogen-bond acceptors (Lipinski definition) is 4. The van der Waals surface area contributed by atoms with Crippen molar-refractivity contribution in [2.45, 2.75) is 12.8 Å². The van der Waals surface area contributed by atoms with Crippen molar-refractivity contribution in [3.8, 4) is 0 Å². The predicted molar refractivity (Wildman–Crippen MR) is 95.4 cm³/mol. The standard InChI is InChI=1S/C19H24FN3O4/c20-16-6-2-1-5-15(16)18(25)21-12-17(24)23-7-3-4-14(13-23)19(26)22-8-10-27-11-9-22/h1-2,5-6,14H,3-4,7-13H2,(H,21,25). The van der Waals surface area contributed by atoms with Crippen LogP contribution >= 0.6 is 0 Å². The molecule has 2 fully saturated rings. The van der Waals surface area contributed by atoms with Crippen LogP contribution in [0.5, 0.6) is 0 Å². The molecule has 0 radical (unpaired) electrons. The number of piperidine rings is 1. The van der Waals surface area contributed by atoms with E-state index in [1.165, 1.54) is 18.2 Å². The Bertz CT molecular complexity index is 706. The van der Waals surface area contributed by atoms with Crippen molar-refractivity contribution < 1.29 is 23.5 Å². The van der Waals surface area contributed by atoms with Gasteiger partial charge < -0.3 is 19.9 Å². The smallest absolute Gasteiger partial charge is 0.254 e. The zero-order chi connectivity index (χ0) is 19.2. The first-order chi connectivity index (χ1) is 13.1. The maximum Gasteiger partial charge on any atom is 0.254 e. The van der Waals surface area contributed by atoms with E-state index in [4.69, 9.17) is 4.74 Å². The summed E-state index contributed by atoms with van der Waals surface area (Å²) in [5.74, 6) is -1.68. The minimum atomic E-state index is -0.628. The van der Waals surface area contributed by atoms with Gasteiger partial charge in [-0.05, 0) is 25.0 Å². The highest BCUT2D eigenvalue weighted by Gasteiger charge is 2.31. The monoisotopic (exact) mass is 377 g/mol. The van der Waals surface area contributed by atoms with E-state index in [-0.39, 0.29) is 29.8 Å². The minimum absolute atomic E-state index is 0.0613. The molecule has 0 aromatic heterocycles. The second-order valence-corrected chi connectivity index (χ2v) is 6.78. The second-order valence-electron chi connectivity index (χ2n) is 6.78. The molecule has 0 saturated carbocycles. The molecule has 2 aliphatic rings. The number of nitrogens with one attached hydrogen (secondary N) is 1. The number of ether oxygens (including phenoxy) is 1. The Kier molecular flexibility index (Phi) is 6.39. The molecule has 1 aromatic rings. The number of benzene rings is 1. The summed E-state index contributed by atoms with van der Waals surface area (Å²) in [7, 11) is 0. The first-order valence-corrected chi connectivity index (χ1v) is 9.23. The van der Waals surface area contributed by atoms with Crippen LogP contribution in [0.3, 0.4) is 0 Å². The topological polar surface area (TPSA) is 79.0 Å². The van der Waals surface area contributed by atoms with Crippen molar-refractivity contribution in [2.75, 3.05) is 45.9 Å². The molecular weight excluding hydrogens is 353 g/mol. The summed E-state index contributed by atoms with van der Waals surface area (Å²) in [5, 5.41) is 2.46. The van der Waals surface area contributed by atoms with Crippen molar-refractivity contribution in [1.29, 1.82) is 0 Å². The van der Waals surface area contributed by atoms with Gasteiger partial charge >= 0.3 is 0 Å². The molecule has 8 heteroatoms. The highest BCUT2D eigenvalue weighted by Crippen LogP contribution is 2.19. The van der Waals surface area contributed by atoms with Gasteiger partial charge in [-0.3, -0.25) is 14.4 Å². The second kappa shape index (κ2) is 8.94. The van der Waals surface area contributed by atoms with Crippen LogP contribution in [0.15, 0.2) is 24.3 Å². The molecule has 2 saturated heterocycles. The summed E-state index contributed by atoms with van der Waals surface area (Å²) in [5.41, 5.74) is -0.0932. The maximum atomic E-state index is 13.6. The molecule has 2 heterocycles. The Morgan fingerprint density at radius 3 is 2.59 bits per heavy atom. The third kappa shape index (κ3) is 4.82. The fraction of sp³-hybridized carbons (Fsp3) is 0.526. The predicted octanol–water partition coefficient (Wildman–Crippen LogP) is 0.653. The number of carbonyl (C=O) groups is 3. The summed E-state index contributed by atoms with van der Waals surface area (Å²) in [4.78, 5) is 40.5. The molecule has 0 spiro atoms. The van der Waals surface area contributed by atoms with Crippen LogP contribution in [-0.2, 0) is 14.3 Å². The van der Waals surface area contributed by atoms with Crippen molar-refractivity contribution in [3.05, 3.63) is 35.6 Å². The van der Waals surface area contributed by atoms with Crippen LogP contribution in [-0.4, -0.2) is 73.5 Å². The average molecular weight is 377 g/mol. The number of amides is 3. The van der Waals surface area contributed by atoms with Crippen LogP contribution in [0.4, 0.5) is 4.39 Å². The van der Waals surface area contributed by atoms with Crippen LogP contribution in [0, 0.1) is 11.7 Å². The lowest BCUT2D eigenvalue weighted by atomic mass is 9.96. The van der Waals surface area contributed by atoms with Gasteiger partial charge in [-0.1, -0.05) is 12.1 Å². The first-order valence-electron chi connectivity index (χ1n) is 9.23. The zero-order valence-corrected chi connectivity index (χ0v) is 15.2. The quantitative estimate of drug-likeness (QED) is 0.836. The van der Waals surface area contributed by atoms with E-state index in [1.54, 1.807) is 15.9 Å². The highest BCUT2D eigenvalue weighted by atomic mass is 19.1. The summed E-state index contributed by atoms with van der Waals surface area (Å²) in [6, 6.07) is 5.62. The molecular formula is C19H24FN3O4. The summed E-state index contributed by atoms with van der Waals surface area (Å²) in [6.07, 6.45) is 1.50. The lowest BCUT2D eigenvalue weighted by Crippen LogP contribution is -2.51. The normalized spacial score (nSPS) is 20.3. The lowest BCUT2D eigenvalue weighted by Gasteiger charge is -2.36. The molecule has 2 aliphatic heterocycles. The summed E-state index contributed by atoms with van der Waals surface area (Å²) < 4.78 is 18.9. The molecule has 1 aromatic carbocycles. The number of rotatable bonds is 4. The molecule has 146 valence electrons. The van der Waals surface area contributed by atoms with E-state index in [0.717, 1.165) is 12.8 Å². The molecule has 1 atom stereocenters. The van der Waals surface area contributed by atoms with E-state index < -0.39 is 11.7 Å². The van der Waals surface area contributed by atoms with Gasteiger partial charge in [0.25, 0.3) is 5.91 Å². The molecule has 3 amide bonds. The first kappa shape index (κ1) is 19.3. The Labute approximate surface area is 157 Å². The van der Waals surface area contributed by atoms with Gasteiger partial charge in [0.2, 0.25) is 11.8 Å². The molecule has 1 unspecified atom stereocenters. The molecule has 7 nitrogen and oxygen atoms in total. The van der Waals surface area contributed by atoms with Gasteiger partial charge in [-0.25, -0.2) is 4.39 Å². The SMILES string of the molecule is O=C(NCC(=O)N1CCCC(C(=O)N2CCOCC2)C1)c1ccccc1F. The van der Waals surface area contributed by atoms with Crippen LogP contribution < -0.4 is 5.32 Å². The highest BCUT2D eigenvalue weighted by molar-refractivity contribution is 5.96. The van der Waals surface area contributed by atoms with Gasteiger partial charge in [-0.2, -0.15) is 0 Å². The fourth-order valence-electron chi connectivity index (χ4n) is 3.46. The lowest BCUT2D eigenvalue weighted by molar-refractivity contribution is -0.143. The van der Waals surface area contributed by atoms with Gasteiger partial charge in [0, 0.05) is 26.2 Å². The third-order valence-corrected chi connectivity index (χ3v) is 4.96. The van der Waals surface area contributed by atoms with E-state index >= 15 is 0 Å². The van der Waals surface area contributed by atoms with Gasteiger partial charge in [0.05, 0.1) is 31.2 Å². The van der Waals surface area contributed by atoms with Crippen LogP contribution in [0.1, 0.15) is 23.2 Å². The molecule has 1 N–H and O–H groups in total. The van der Waals surface area contributed by atoms with Crippen LogP contribution in [0.25, 0.3) is 0 Å².